The van der Waals surface area contributed by atoms with E-state index < -0.39 is 0 Å². The summed E-state index contributed by atoms with van der Waals surface area (Å²) in [7, 11) is 0. The van der Waals surface area contributed by atoms with Crippen molar-refractivity contribution in [3.63, 3.8) is 0 Å². The zero-order chi connectivity index (χ0) is 26.0. The van der Waals surface area contributed by atoms with Crippen LogP contribution in [0.4, 0.5) is 17.8 Å². The molecular weight excluding hydrogens is 466 g/mol. The second kappa shape index (κ2) is 17.2. The fourth-order valence-electron chi connectivity index (χ4n) is 3.86. The molecule has 37 heavy (non-hydrogen) atoms. The summed E-state index contributed by atoms with van der Waals surface area (Å²) in [6.07, 6.45) is 3.05. The van der Waals surface area contributed by atoms with E-state index in [0.29, 0.717) is 57.4 Å². The number of rotatable bonds is 19. The van der Waals surface area contributed by atoms with Crippen molar-refractivity contribution in [1.29, 1.82) is 0 Å². The molecule has 0 saturated carbocycles. The van der Waals surface area contributed by atoms with E-state index in [2.05, 4.69) is 98.5 Å². The van der Waals surface area contributed by atoms with Gasteiger partial charge in [0.2, 0.25) is 17.8 Å². The molecule has 0 fully saturated rings. The first-order valence-electron chi connectivity index (χ1n) is 13.2. The average molecular weight is 508 g/mol. The molecular formula is C28H41N7O2. The van der Waals surface area contributed by atoms with E-state index in [1.165, 1.54) is 11.1 Å². The maximum Gasteiger partial charge on any atom is 0.229 e. The van der Waals surface area contributed by atoms with E-state index in [4.69, 9.17) is 15.2 Å². The van der Waals surface area contributed by atoms with Gasteiger partial charge in [-0.3, -0.25) is 0 Å². The second-order valence-electron chi connectivity index (χ2n) is 8.62. The number of benzene rings is 2. The number of ether oxygens (including phenoxy) is 2. The molecule has 0 bridgehead atoms. The summed E-state index contributed by atoms with van der Waals surface area (Å²) >= 11 is 0. The molecule has 3 aromatic rings. The van der Waals surface area contributed by atoms with Gasteiger partial charge in [0.1, 0.15) is 0 Å². The van der Waals surface area contributed by atoms with Crippen LogP contribution in [0.1, 0.15) is 43.2 Å². The Morgan fingerprint density at radius 1 is 0.676 bits per heavy atom. The van der Waals surface area contributed by atoms with Gasteiger partial charge in [-0.2, -0.15) is 15.0 Å². The predicted octanol–water partition coefficient (Wildman–Crippen LogP) is 4.12. The molecule has 9 heteroatoms. The SMILES string of the molecule is CCCCNc1nc(NCCOCCOCCN)nc(NCCC(c2ccccc2)c2ccccc2)n1. The Bertz CT molecular complexity index is 953. The average Bonchev–Trinajstić information content (AvgIpc) is 2.94. The van der Waals surface area contributed by atoms with Crippen molar-refractivity contribution in [2.45, 2.75) is 32.1 Å². The van der Waals surface area contributed by atoms with Crippen molar-refractivity contribution in [3.8, 4) is 0 Å². The van der Waals surface area contributed by atoms with Gasteiger partial charge in [0.15, 0.2) is 0 Å². The van der Waals surface area contributed by atoms with Crippen molar-refractivity contribution in [1.82, 2.24) is 15.0 Å². The molecule has 0 atom stereocenters. The van der Waals surface area contributed by atoms with Gasteiger partial charge in [0.05, 0.1) is 26.4 Å². The molecule has 9 nitrogen and oxygen atoms in total. The van der Waals surface area contributed by atoms with Crippen LogP contribution >= 0.6 is 0 Å². The minimum Gasteiger partial charge on any atom is -0.378 e. The van der Waals surface area contributed by atoms with Crippen LogP contribution in [0, 0.1) is 0 Å². The first-order chi connectivity index (χ1) is 18.3. The highest BCUT2D eigenvalue weighted by molar-refractivity contribution is 5.42. The lowest BCUT2D eigenvalue weighted by Crippen LogP contribution is -2.18. The summed E-state index contributed by atoms with van der Waals surface area (Å²) in [5.74, 6) is 1.91. The topological polar surface area (TPSA) is 119 Å². The van der Waals surface area contributed by atoms with Gasteiger partial charge >= 0.3 is 0 Å². The number of unbranched alkanes of at least 4 members (excludes halogenated alkanes) is 1. The van der Waals surface area contributed by atoms with Gasteiger partial charge in [-0.1, -0.05) is 74.0 Å². The fourth-order valence-corrected chi connectivity index (χ4v) is 3.86. The number of nitrogens with one attached hydrogen (secondary N) is 3. The molecule has 0 aliphatic rings. The van der Waals surface area contributed by atoms with Crippen molar-refractivity contribution >= 4 is 17.8 Å². The zero-order valence-corrected chi connectivity index (χ0v) is 21.9. The molecule has 0 radical (unpaired) electrons. The number of nitrogens with zero attached hydrogens (tertiary/aromatic N) is 3. The Morgan fingerprint density at radius 3 is 1.73 bits per heavy atom. The molecule has 0 unspecified atom stereocenters. The van der Waals surface area contributed by atoms with Crippen molar-refractivity contribution in [3.05, 3.63) is 71.8 Å². The molecule has 0 saturated heterocycles. The molecule has 2 aromatic carbocycles. The van der Waals surface area contributed by atoms with Crippen LogP contribution in [0.3, 0.4) is 0 Å². The third-order valence-electron chi connectivity index (χ3n) is 5.73. The highest BCUT2D eigenvalue weighted by atomic mass is 16.5. The smallest absolute Gasteiger partial charge is 0.229 e. The first kappa shape index (κ1) is 28.3. The number of hydrogen-bond donors (Lipinski definition) is 4. The lowest BCUT2D eigenvalue weighted by molar-refractivity contribution is 0.0547. The zero-order valence-electron chi connectivity index (χ0n) is 21.9. The van der Waals surface area contributed by atoms with Crippen LogP contribution in [0.2, 0.25) is 0 Å². The van der Waals surface area contributed by atoms with Crippen molar-refractivity contribution in [2.75, 3.05) is 68.6 Å². The van der Waals surface area contributed by atoms with Crippen LogP contribution in [-0.2, 0) is 9.47 Å². The van der Waals surface area contributed by atoms with E-state index in [9.17, 15) is 0 Å². The Labute approximate surface area is 220 Å². The van der Waals surface area contributed by atoms with Crippen LogP contribution in [0.15, 0.2) is 60.7 Å². The Morgan fingerprint density at radius 2 is 1.19 bits per heavy atom. The normalized spacial score (nSPS) is 11.0. The monoisotopic (exact) mass is 507 g/mol. The van der Waals surface area contributed by atoms with E-state index >= 15 is 0 Å². The standard InChI is InChI=1S/C28H41N7O2/c1-2-3-16-30-26-33-27(35-28(34-26)32-18-20-37-22-21-36-19-15-29)31-17-14-25(23-10-6-4-7-11-23)24-12-8-5-9-13-24/h4-13,25H,2-3,14-22,29H2,1H3,(H3,30,31,32,33,34,35). The van der Waals surface area contributed by atoms with Gasteiger partial charge < -0.3 is 31.2 Å². The van der Waals surface area contributed by atoms with Gasteiger partial charge in [-0.05, 0) is 24.0 Å². The quantitative estimate of drug-likeness (QED) is 0.178. The minimum absolute atomic E-state index is 0.280. The third-order valence-corrected chi connectivity index (χ3v) is 5.73. The van der Waals surface area contributed by atoms with E-state index in [0.717, 1.165) is 32.4 Å². The summed E-state index contributed by atoms with van der Waals surface area (Å²) in [4.78, 5) is 13.7. The molecule has 1 heterocycles. The maximum atomic E-state index is 5.59. The largest absolute Gasteiger partial charge is 0.378 e. The summed E-state index contributed by atoms with van der Waals surface area (Å²) in [6, 6.07) is 21.2. The predicted molar refractivity (Wildman–Crippen MR) is 150 cm³/mol. The molecule has 5 N–H and O–H groups in total. The van der Waals surface area contributed by atoms with Gasteiger partial charge in [-0.25, -0.2) is 0 Å². The Hall–Kier alpha value is -3.27. The molecule has 1 aromatic heterocycles. The molecule has 0 amide bonds. The summed E-state index contributed by atoms with van der Waals surface area (Å²) < 4.78 is 10.9. The highest BCUT2D eigenvalue weighted by Gasteiger charge is 2.14. The highest BCUT2D eigenvalue weighted by Crippen LogP contribution is 2.27. The lowest BCUT2D eigenvalue weighted by atomic mass is 9.88. The van der Waals surface area contributed by atoms with Gasteiger partial charge in [-0.15, -0.1) is 0 Å². The Balaban J connectivity index is 1.58. The van der Waals surface area contributed by atoms with Crippen molar-refractivity contribution < 1.29 is 9.47 Å². The number of anilines is 3. The van der Waals surface area contributed by atoms with Crippen molar-refractivity contribution in [2.24, 2.45) is 5.73 Å². The maximum absolute atomic E-state index is 5.59. The summed E-state index contributed by atoms with van der Waals surface area (Å²) in [5.41, 5.74) is 8.00. The summed E-state index contributed by atoms with van der Waals surface area (Å²) in [5, 5.41) is 9.96. The van der Waals surface area contributed by atoms with Gasteiger partial charge in [0, 0.05) is 32.1 Å². The van der Waals surface area contributed by atoms with Gasteiger partial charge in [0.25, 0.3) is 0 Å². The first-order valence-corrected chi connectivity index (χ1v) is 13.2. The molecule has 0 aliphatic heterocycles. The van der Waals surface area contributed by atoms with E-state index in [-0.39, 0.29) is 5.92 Å². The number of hydrogen-bond acceptors (Lipinski definition) is 9. The minimum atomic E-state index is 0.280. The van der Waals surface area contributed by atoms with E-state index in [1.54, 1.807) is 0 Å². The Kier molecular flexibility index (Phi) is 13.2. The number of aromatic nitrogens is 3. The third kappa shape index (κ3) is 10.7. The number of nitrogens with two attached hydrogens (primary N) is 1. The summed E-state index contributed by atoms with van der Waals surface area (Å²) in [6.45, 7) is 6.93. The molecule has 3 rings (SSSR count). The molecule has 0 spiro atoms. The molecule has 200 valence electrons. The van der Waals surface area contributed by atoms with Crippen LogP contribution < -0.4 is 21.7 Å². The van der Waals surface area contributed by atoms with Crippen LogP contribution in [0.25, 0.3) is 0 Å². The van der Waals surface area contributed by atoms with E-state index in [1.807, 2.05) is 0 Å². The fraction of sp³-hybridized carbons (Fsp3) is 0.464. The second-order valence-corrected chi connectivity index (χ2v) is 8.62. The lowest BCUT2D eigenvalue weighted by Gasteiger charge is -2.19. The van der Waals surface area contributed by atoms with Crippen LogP contribution in [0.5, 0.6) is 0 Å². The van der Waals surface area contributed by atoms with Crippen LogP contribution in [-0.4, -0.2) is 67.6 Å². The molecule has 0 aliphatic carbocycles.